The Balaban J connectivity index is 2.31. The van der Waals surface area contributed by atoms with Gasteiger partial charge in [0.1, 0.15) is 5.54 Å². The lowest BCUT2D eigenvalue weighted by Gasteiger charge is -2.26. The molecule has 1 saturated carbocycles. The van der Waals surface area contributed by atoms with Gasteiger partial charge in [-0.2, -0.15) is 9.98 Å². The quantitative estimate of drug-likeness (QED) is 0.844. The average molecular weight is 357 g/mol. The van der Waals surface area contributed by atoms with Gasteiger partial charge in [-0.3, -0.25) is 0 Å². The summed E-state index contributed by atoms with van der Waals surface area (Å²) in [4.78, 5) is 0.180. The van der Waals surface area contributed by atoms with Crippen LogP contribution in [-0.4, -0.2) is 14.0 Å². The highest BCUT2D eigenvalue weighted by atomic mass is 79.9. The maximum atomic E-state index is 12.5. The first-order chi connectivity index (χ1) is 9.49. The summed E-state index contributed by atoms with van der Waals surface area (Å²) in [7, 11) is -3.70. The largest absolute Gasteiger partial charge is 0.243 e. The van der Waals surface area contributed by atoms with Crippen LogP contribution in [0.15, 0.2) is 33.6 Å². The second-order valence-electron chi connectivity index (χ2n) is 5.14. The topological polar surface area (TPSA) is 70.0 Å². The SMILES string of the molecule is N#CC1(NS(=O)(=O)c2ccccc2Br)CCCCCC1. The zero-order valence-electron chi connectivity index (χ0n) is 11.1. The minimum atomic E-state index is -3.70. The molecule has 1 fully saturated rings. The molecule has 0 unspecified atom stereocenters. The van der Waals surface area contributed by atoms with Crippen LogP contribution in [0.25, 0.3) is 0 Å². The Hall–Kier alpha value is -0.900. The van der Waals surface area contributed by atoms with Crippen LogP contribution in [-0.2, 0) is 10.0 Å². The van der Waals surface area contributed by atoms with Crippen LogP contribution in [0.4, 0.5) is 0 Å². The number of nitriles is 1. The van der Waals surface area contributed by atoms with E-state index in [1.165, 1.54) is 6.07 Å². The molecule has 0 heterocycles. The van der Waals surface area contributed by atoms with Crippen molar-refractivity contribution < 1.29 is 8.42 Å². The Morgan fingerprint density at radius 1 is 1.15 bits per heavy atom. The normalized spacial score (nSPS) is 19.0. The van der Waals surface area contributed by atoms with E-state index < -0.39 is 15.6 Å². The number of halogens is 1. The Labute approximate surface area is 128 Å². The average Bonchev–Trinajstić information content (AvgIpc) is 2.64. The lowest BCUT2D eigenvalue weighted by Crippen LogP contribution is -2.46. The maximum Gasteiger partial charge on any atom is 0.243 e. The molecule has 0 radical (unpaired) electrons. The molecule has 1 aromatic carbocycles. The van der Waals surface area contributed by atoms with Crippen molar-refractivity contribution in [2.75, 3.05) is 0 Å². The summed E-state index contributed by atoms with van der Waals surface area (Å²) in [6.45, 7) is 0. The van der Waals surface area contributed by atoms with Gasteiger partial charge in [0, 0.05) is 4.47 Å². The number of nitrogens with zero attached hydrogens (tertiary/aromatic N) is 1. The minimum Gasteiger partial charge on any atom is -0.207 e. The molecule has 0 bridgehead atoms. The molecule has 4 nitrogen and oxygen atoms in total. The van der Waals surface area contributed by atoms with Crippen LogP contribution in [0.3, 0.4) is 0 Å². The summed E-state index contributed by atoms with van der Waals surface area (Å²) in [5.41, 5.74) is -0.968. The molecule has 0 atom stereocenters. The second-order valence-corrected chi connectivity index (χ2v) is 7.65. The molecule has 0 spiro atoms. The zero-order chi connectivity index (χ0) is 14.6. The third kappa shape index (κ3) is 3.40. The van der Waals surface area contributed by atoms with Crippen molar-refractivity contribution in [3.8, 4) is 6.07 Å². The van der Waals surface area contributed by atoms with Crippen molar-refractivity contribution in [3.63, 3.8) is 0 Å². The highest BCUT2D eigenvalue weighted by molar-refractivity contribution is 9.10. The minimum absolute atomic E-state index is 0.180. The van der Waals surface area contributed by atoms with Crippen molar-refractivity contribution in [1.29, 1.82) is 5.26 Å². The van der Waals surface area contributed by atoms with Gasteiger partial charge in [-0.05, 0) is 40.9 Å². The molecule has 1 N–H and O–H groups in total. The molecular weight excluding hydrogens is 340 g/mol. The van der Waals surface area contributed by atoms with Crippen LogP contribution >= 0.6 is 15.9 Å². The number of hydrogen-bond acceptors (Lipinski definition) is 3. The van der Waals surface area contributed by atoms with Gasteiger partial charge in [0.05, 0.1) is 11.0 Å². The fourth-order valence-electron chi connectivity index (χ4n) is 2.54. The monoisotopic (exact) mass is 356 g/mol. The second kappa shape index (κ2) is 6.25. The number of benzene rings is 1. The summed E-state index contributed by atoms with van der Waals surface area (Å²) in [5.74, 6) is 0. The van der Waals surface area contributed by atoms with Crippen LogP contribution in [0, 0.1) is 11.3 Å². The van der Waals surface area contributed by atoms with E-state index in [9.17, 15) is 13.7 Å². The van der Waals surface area contributed by atoms with E-state index in [4.69, 9.17) is 0 Å². The standard InChI is InChI=1S/C14H17BrN2O2S/c15-12-7-3-4-8-13(12)20(18,19)17-14(11-16)9-5-1-2-6-10-14/h3-4,7-8,17H,1-2,5-6,9-10H2. The third-order valence-corrected chi connectivity index (χ3v) is 6.18. The van der Waals surface area contributed by atoms with Gasteiger partial charge in [-0.1, -0.05) is 37.8 Å². The first kappa shape index (κ1) is 15.5. The van der Waals surface area contributed by atoms with Gasteiger partial charge >= 0.3 is 0 Å². The van der Waals surface area contributed by atoms with Crippen molar-refractivity contribution in [2.45, 2.75) is 49.0 Å². The van der Waals surface area contributed by atoms with Gasteiger partial charge in [-0.25, -0.2) is 8.42 Å². The van der Waals surface area contributed by atoms with Crippen LogP contribution in [0.5, 0.6) is 0 Å². The molecular formula is C14H17BrN2O2S. The van der Waals surface area contributed by atoms with Crippen LogP contribution in [0.1, 0.15) is 38.5 Å². The van der Waals surface area contributed by atoms with Gasteiger partial charge in [0.15, 0.2) is 0 Å². The Bertz CT molecular complexity index is 614. The third-order valence-electron chi connectivity index (χ3n) is 3.63. The number of rotatable bonds is 3. The molecule has 0 saturated heterocycles. The summed E-state index contributed by atoms with van der Waals surface area (Å²) < 4.78 is 28.2. The summed E-state index contributed by atoms with van der Waals surface area (Å²) >= 11 is 3.25. The molecule has 0 aromatic heterocycles. The van der Waals surface area contributed by atoms with Gasteiger partial charge in [0.2, 0.25) is 10.0 Å². The molecule has 2 rings (SSSR count). The highest BCUT2D eigenvalue weighted by Gasteiger charge is 2.36. The van der Waals surface area contributed by atoms with E-state index in [2.05, 4.69) is 26.7 Å². The molecule has 1 aliphatic carbocycles. The Morgan fingerprint density at radius 3 is 2.30 bits per heavy atom. The smallest absolute Gasteiger partial charge is 0.207 e. The maximum absolute atomic E-state index is 12.5. The highest BCUT2D eigenvalue weighted by Crippen LogP contribution is 2.30. The van der Waals surface area contributed by atoms with E-state index in [1.807, 2.05) is 0 Å². The fourth-order valence-corrected chi connectivity index (χ4v) is 4.92. The predicted molar refractivity (Wildman–Crippen MR) is 80.5 cm³/mol. The van der Waals surface area contributed by atoms with Crippen molar-refractivity contribution in [2.24, 2.45) is 0 Å². The molecule has 0 amide bonds. The Morgan fingerprint density at radius 2 is 1.75 bits per heavy atom. The molecule has 20 heavy (non-hydrogen) atoms. The van der Waals surface area contributed by atoms with E-state index in [1.54, 1.807) is 18.2 Å². The first-order valence-electron chi connectivity index (χ1n) is 6.69. The zero-order valence-corrected chi connectivity index (χ0v) is 13.5. The number of nitrogens with one attached hydrogen (secondary N) is 1. The van der Waals surface area contributed by atoms with Crippen LogP contribution in [0.2, 0.25) is 0 Å². The summed E-state index contributed by atoms with van der Waals surface area (Å²) in [6, 6.07) is 8.85. The first-order valence-corrected chi connectivity index (χ1v) is 8.96. The number of sulfonamides is 1. The van der Waals surface area contributed by atoms with Gasteiger partial charge < -0.3 is 0 Å². The lowest BCUT2D eigenvalue weighted by atomic mass is 9.94. The predicted octanol–water partition coefficient (Wildman–Crippen LogP) is 3.34. The van der Waals surface area contributed by atoms with E-state index in [0.29, 0.717) is 17.3 Å². The fraction of sp³-hybridized carbons (Fsp3) is 0.500. The lowest BCUT2D eigenvalue weighted by molar-refractivity contribution is 0.422. The van der Waals surface area contributed by atoms with Crippen molar-refractivity contribution in [1.82, 2.24) is 4.72 Å². The van der Waals surface area contributed by atoms with Crippen molar-refractivity contribution in [3.05, 3.63) is 28.7 Å². The van der Waals surface area contributed by atoms with Gasteiger partial charge in [-0.15, -0.1) is 0 Å². The molecule has 0 aliphatic heterocycles. The molecule has 1 aliphatic rings. The molecule has 6 heteroatoms. The van der Waals surface area contributed by atoms with E-state index in [-0.39, 0.29) is 4.90 Å². The van der Waals surface area contributed by atoms with E-state index >= 15 is 0 Å². The van der Waals surface area contributed by atoms with Crippen LogP contribution < -0.4 is 4.72 Å². The summed E-state index contributed by atoms with van der Waals surface area (Å²) in [6.07, 6.45) is 5.03. The molecule has 108 valence electrons. The summed E-state index contributed by atoms with van der Waals surface area (Å²) in [5, 5.41) is 9.46. The molecule has 1 aromatic rings. The van der Waals surface area contributed by atoms with E-state index in [0.717, 1.165) is 25.7 Å². The van der Waals surface area contributed by atoms with Gasteiger partial charge in [0.25, 0.3) is 0 Å². The van der Waals surface area contributed by atoms with Crippen molar-refractivity contribution >= 4 is 26.0 Å². The number of hydrogen-bond donors (Lipinski definition) is 1. The Kier molecular flexibility index (Phi) is 4.84.